The topological polar surface area (TPSA) is 154 Å². The summed E-state index contributed by atoms with van der Waals surface area (Å²) in [5.41, 5.74) is 6.76. The van der Waals surface area contributed by atoms with Gasteiger partial charge in [0.25, 0.3) is 0 Å². The van der Waals surface area contributed by atoms with E-state index < -0.39 is 16.4 Å². The predicted octanol–water partition coefficient (Wildman–Crippen LogP) is 2.75. The minimum absolute atomic E-state index is 0.247. The average molecular weight is 418 g/mol. The van der Waals surface area contributed by atoms with Crippen molar-refractivity contribution in [3.63, 3.8) is 0 Å². The number of hydrogen-bond donors (Lipinski definition) is 4. The van der Waals surface area contributed by atoms with E-state index >= 15 is 0 Å². The number of hydrazone groups is 1. The number of benzene rings is 2. The third-order valence-corrected chi connectivity index (χ3v) is 3.57. The molecule has 152 valence electrons. The number of anilines is 1. The molecule has 0 fully saturated rings. The molecule has 11 heteroatoms. The Morgan fingerprint density at radius 1 is 1.03 bits per heavy atom. The van der Waals surface area contributed by atoms with Gasteiger partial charge in [-0.3, -0.25) is 14.5 Å². The minimum atomic E-state index is -4.67. The number of rotatable bonds is 5. The lowest BCUT2D eigenvalue weighted by Crippen LogP contribution is -2.01. The van der Waals surface area contributed by atoms with Crippen molar-refractivity contribution in [1.29, 1.82) is 0 Å². The first-order valence-corrected chi connectivity index (χ1v) is 9.45. The molecular formula is C18H18N4O6S. The van der Waals surface area contributed by atoms with E-state index in [1.165, 1.54) is 12.1 Å². The van der Waals surface area contributed by atoms with E-state index in [9.17, 15) is 4.79 Å². The van der Waals surface area contributed by atoms with Crippen molar-refractivity contribution in [1.82, 2.24) is 9.55 Å². The van der Waals surface area contributed by atoms with Crippen molar-refractivity contribution >= 4 is 27.8 Å². The molecule has 0 aliphatic heterocycles. The van der Waals surface area contributed by atoms with Crippen molar-refractivity contribution in [2.24, 2.45) is 5.10 Å². The van der Waals surface area contributed by atoms with Gasteiger partial charge in [-0.1, -0.05) is 12.1 Å². The second-order valence-corrected chi connectivity index (χ2v) is 6.55. The summed E-state index contributed by atoms with van der Waals surface area (Å²) in [4.78, 5) is 14.9. The Bertz CT molecular complexity index is 1070. The molecule has 2 aromatic carbocycles. The second kappa shape index (κ2) is 9.59. The molecule has 0 aliphatic rings. The fourth-order valence-electron chi connectivity index (χ4n) is 2.19. The molecule has 0 aliphatic carbocycles. The van der Waals surface area contributed by atoms with Crippen LogP contribution in [0.3, 0.4) is 0 Å². The molecule has 0 atom stereocenters. The van der Waals surface area contributed by atoms with Gasteiger partial charge in [-0.15, -0.1) is 0 Å². The summed E-state index contributed by atoms with van der Waals surface area (Å²) < 4.78 is 33.5. The zero-order chi connectivity index (χ0) is 21.4. The molecule has 1 aromatic heterocycles. The Kier molecular flexibility index (Phi) is 7.20. The van der Waals surface area contributed by atoms with Crippen molar-refractivity contribution < 1.29 is 27.4 Å². The SMILES string of the molecule is CC(=NNc1ccc(C(=O)O)cc1)c1ccc(-n2ccnc2)cc1.O=S(=O)(O)O. The van der Waals surface area contributed by atoms with Crippen LogP contribution < -0.4 is 5.43 Å². The van der Waals surface area contributed by atoms with Crippen LogP contribution in [0.15, 0.2) is 72.4 Å². The molecule has 4 N–H and O–H groups in total. The van der Waals surface area contributed by atoms with E-state index in [-0.39, 0.29) is 5.56 Å². The van der Waals surface area contributed by atoms with Gasteiger partial charge in [-0.2, -0.15) is 13.5 Å². The quantitative estimate of drug-likeness (QED) is 0.280. The summed E-state index contributed by atoms with van der Waals surface area (Å²) in [6.45, 7) is 1.91. The van der Waals surface area contributed by atoms with E-state index in [0.29, 0.717) is 0 Å². The highest BCUT2D eigenvalue weighted by molar-refractivity contribution is 7.79. The van der Waals surface area contributed by atoms with Crippen LogP contribution in [0.4, 0.5) is 5.69 Å². The standard InChI is InChI=1S/C18H16N4O2.H2O4S/c1-13(20-21-16-6-2-15(3-7-16)18(23)24)14-4-8-17(9-5-14)22-11-10-19-12-22;1-5(2,3)4/h2-12,21H,1H3,(H,23,24);(H2,1,2,3,4). The lowest BCUT2D eigenvalue weighted by molar-refractivity contribution is 0.0697. The van der Waals surface area contributed by atoms with Gasteiger partial charge in [0, 0.05) is 18.1 Å². The Morgan fingerprint density at radius 3 is 2.07 bits per heavy atom. The van der Waals surface area contributed by atoms with Gasteiger partial charge in [-0.05, 0) is 48.9 Å². The average Bonchev–Trinajstić information content (AvgIpc) is 3.20. The first-order valence-electron chi connectivity index (χ1n) is 8.06. The molecule has 0 radical (unpaired) electrons. The van der Waals surface area contributed by atoms with E-state index in [2.05, 4.69) is 15.5 Å². The van der Waals surface area contributed by atoms with Gasteiger partial charge in [0.1, 0.15) is 0 Å². The molecule has 0 amide bonds. The van der Waals surface area contributed by atoms with Crippen LogP contribution >= 0.6 is 0 Å². The molecule has 3 aromatic rings. The maximum Gasteiger partial charge on any atom is 0.394 e. The largest absolute Gasteiger partial charge is 0.478 e. The number of carbonyl (C=O) groups is 1. The van der Waals surface area contributed by atoms with E-state index in [1.54, 1.807) is 24.7 Å². The Labute approximate surface area is 166 Å². The highest BCUT2D eigenvalue weighted by atomic mass is 32.3. The van der Waals surface area contributed by atoms with Crippen LogP contribution in [0.2, 0.25) is 0 Å². The summed E-state index contributed by atoms with van der Waals surface area (Å²) in [7, 11) is -4.67. The van der Waals surface area contributed by atoms with E-state index in [1.807, 2.05) is 42.0 Å². The fraction of sp³-hybridized carbons (Fsp3) is 0.0556. The van der Waals surface area contributed by atoms with Crippen molar-refractivity contribution in [3.05, 3.63) is 78.4 Å². The molecule has 0 saturated carbocycles. The zero-order valence-electron chi connectivity index (χ0n) is 15.2. The number of aromatic nitrogens is 2. The van der Waals surface area contributed by atoms with Crippen molar-refractivity contribution in [3.8, 4) is 5.69 Å². The molecule has 0 spiro atoms. The Morgan fingerprint density at radius 2 is 1.59 bits per heavy atom. The smallest absolute Gasteiger partial charge is 0.394 e. The highest BCUT2D eigenvalue weighted by Gasteiger charge is 2.02. The maximum atomic E-state index is 10.8. The Hall–Kier alpha value is -3.54. The van der Waals surface area contributed by atoms with E-state index in [0.717, 1.165) is 22.6 Å². The molecule has 3 rings (SSSR count). The molecule has 29 heavy (non-hydrogen) atoms. The molecule has 0 saturated heterocycles. The highest BCUT2D eigenvalue weighted by Crippen LogP contribution is 2.12. The van der Waals surface area contributed by atoms with Crippen LogP contribution in [0, 0.1) is 0 Å². The van der Waals surface area contributed by atoms with Gasteiger partial charge >= 0.3 is 16.4 Å². The predicted molar refractivity (Wildman–Crippen MR) is 107 cm³/mol. The minimum Gasteiger partial charge on any atom is -0.478 e. The number of carboxylic acids is 1. The van der Waals surface area contributed by atoms with Gasteiger partial charge in [0.15, 0.2) is 0 Å². The van der Waals surface area contributed by atoms with Crippen LogP contribution in [-0.2, 0) is 10.4 Å². The van der Waals surface area contributed by atoms with Gasteiger partial charge in [0.05, 0.1) is 23.3 Å². The summed E-state index contributed by atoms with van der Waals surface area (Å²) in [5, 5.41) is 13.2. The Balaban J connectivity index is 0.000000537. The molecular weight excluding hydrogens is 400 g/mol. The monoisotopic (exact) mass is 418 g/mol. The van der Waals surface area contributed by atoms with Gasteiger partial charge < -0.3 is 9.67 Å². The lowest BCUT2D eigenvalue weighted by Gasteiger charge is -2.06. The van der Waals surface area contributed by atoms with Crippen molar-refractivity contribution in [2.75, 3.05) is 5.43 Å². The zero-order valence-corrected chi connectivity index (χ0v) is 16.0. The molecule has 0 unspecified atom stereocenters. The van der Waals surface area contributed by atoms with Gasteiger partial charge in [-0.25, -0.2) is 9.78 Å². The third kappa shape index (κ3) is 7.54. The first-order chi connectivity index (χ1) is 13.6. The normalized spacial score (nSPS) is 11.3. The van der Waals surface area contributed by atoms with Crippen LogP contribution in [0.25, 0.3) is 5.69 Å². The summed E-state index contributed by atoms with van der Waals surface area (Å²) in [6, 6.07) is 14.4. The summed E-state index contributed by atoms with van der Waals surface area (Å²) in [5.74, 6) is -0.945. The number of nitrogens with one attached hydrogen (secondary N) is 1. The summed E-state index contributed by atoms with van der Waals surface area (Å²) >= 11 is 0. The number of aromatic carboxylic acids is 1. The van der Waals surface area contributed by atoms with E-state index in [4.69, 9.17) is 22.6 Å². The second-order valence-electron chi connectivity index (χ2n) is 5.66. The molecule has 10 nitrogen and oxygen atoms in total. The number of hydrogen-bond acceptors (Lipinski definition) is 6. The van der Waals surface area contributed by atoms with Crippen LogP contribution in [0.5, 0.6) is 0 Å². The third-order valence-electron chi connectivity index (χ3n) is 3.57. The number of carboxylic acid groups (broad SMARTS) is 1. The van der Waals surface area contributed by atoms with Gasteiger partial charge in [0.2, 0.25) is 0 Å². The van der Waals surface area contributed by atoms with Crippen LogP contribution in [-0.4, -0.2) is 43.9 Å². The fourth-order valence-corrected chi connectivity index (χ4v) is 2.19. The van der Waals surface area contributed by atoms with Crippen LogP contribution in [0.1, 0.15) is 22.8 Å². The lowest BCUT2D eigenvalue weighted by atomic mass is 10.1. The van der Waals surface area contributed by atoms with Crippen molar-refractivity contribution in [2.45, 2.75) is 6.92 Å². The molecule has 0 bridgehead atoms. The maximum absolute atomic E-state index is 10.8. The molecule has 1 heterocycles. The summed E-state index contributed by atoms with van der Waals surface area (Å²) in [6.07, 6.45) is 5.37. The first kappa shape index (κ1) is 21.8. The number of imidazole rings is 1. The number of nitrogens with zero attached hydrogens (tertiary/aromatic N) is 3.